The molecule has 3 aromatic heterocycles. The lowest BCUT2D eigenvalue weighted by molar-refractivity contribution is 0.393. The van der Waals surface area contributed by atoms with Crippen LogP contribution in [0.25, 0.3) is 22.2 Å². The molecule has 0 saturated carbocycles. The average Bonchev–Trinajstić information content (AvgIpc) is 3.12. The maximum atomic E-state index is 5.27. The molecule has 0 unspecified atom stereocenters. The first-order chi connectivity index (χ1) is 11.2. The highest BCUT2D eigenvalue weighted by Crippen LogP contribution is 2.28. The van der Waals surface area contributed by atoms with Crippen molar-refractivity contribution in [2.24, 2.45) is 0 Å². The maximum Gasteiger partial charge on any atom is 0.141 e. The van der Waals surface area contributed by atoms with Gasteiger partial charge in [0.25, 0.3) is 0 Å². The van der Waals surface area contributed by atoms with Crippen LogP contribution in [-0.4, -0.2) is 19.9 Å². The van der Waals surface area contributed by atoms with Crippen molar-refractivity contribution in [1.82, 2.24) is 19.9 Å². The van der Waals surface area contributed by atoms with E-state index in [1.165, 1.54) is 5.56 Å². The fraction of sp³-hybridized carbons (Fsp3) is 0.167. The molecule has 0 aliphatic carbocycles. The van der Waals surface area contributed by atoms with Crippen molar-refractivity contribution in [3.63, 3.8) is 0 Å². The summed E-state index contributed by atoms with van der Waals surface area (Å²) in [5.74, 6) is 0.803. The fourth-order valence-electron chi connectivity index (χ4n) is 2.87. The van der Waals surface area contributed by atoms with Gasteiger partial charge in [0.2, 0.25) is 0 Å². The highest BCUT2D eigenvalue weighted by atomic mass is 16.5. The molecular formula is C18H16N4O. The third-order valence-electron chi connectivity index (χ3n) is 3.99. The second-order valence-electron chi connectivity index (χ2n) is 5.62. The normalized spacial score (nSPS) is 11.2. The zero-order chi connectivity index (χ0) is 15.8. The zero-order valence-electron chi connectivity index (χ0n) is 13.0. The summed E-state index contributed by atoms with van der Waals surface area (Å²) in [6.07, 6.45) is 3.65. The second kappa shape index (κ2) is 5.35. The van der Waals surface area contributed by atoms with Crippen LogP contribution in [0.3, 0.4) is 0 Å². The smallest absolute Gasteiger partial charge is 0.141 e. The van der Waals surface area contributed by atoms with Gasteiger partial charge in [-0.15, -0.1) is 0 Å². The quantitative estimate of drug-likeness (QED) is 0.578. The number of aryl methyl sites for hydroxylation is 2. The van der Waals surface area contributed by atoms with Gasteiger partial charge in [-0.1, -0.05) is 35.5 Å². The van der Waals surface area contributed by atoms with Crippen molar-refractivity contribution in [3.05, 3.63) is 65.8 Å². The second-order valence-corrected chi connectivity index (χ2v) is 5.62. The van der Waals surface area contributed by atoms with E-state index in [1.54, 1.807) is 6.20 Å². The van der Waals surface area contributed by atoms with E-state index in [2.05, 4.69) is 33.4 Å². The molecule has 23 heavy (non-hydrogen) atoms. The molecule has 0 saturated heterocycles. The standard InChI is InChI=1S/C18H16N4O/c1-12-18(13(2)23-21-12)15-8-17-16(19-9-15)10-20-22(17)11-14-6-4-3-5-7-14/h3-10H,11H2,1-2H3. The van der Waals surface area contributed by atoms with Crippen LogP contribution < -0.4 is 0 Å². The summed E-state index contributed by atoms with van der Waals surface area (Å²) in [7, 11) is 0. The molecule has 0 atom stereocenters. The molecule has 0 aliphatic heterocycles. The molecule has 3 heterocycles. The molecule has 4 aromatic rings. The van der Waals surface area contributed by atoms with Gasteiger partial charge < -0.3 is 4.52 Å². The average molecular weight is 304 g/mol. The third-order valence-corrected chi connectivity index (χ3v) is 3.99. The molecular weight excluding hydrogens is 288 g/mol. The molecule has 114 valence electrons. The van der Waals surface area contributed by atoms with Crippen molar-refractivity contribution in [2.45, 2.75) is 20.4 Å². The van der Waals surface area contributed by atoms with E-state index in [1.807, 2.05) is 42.9 Å². The van der Waals surface area contributed by atoms with Crippen LogP contribution in [0.1, 0.15) is 17.0 Å². The van der Waals surface area contributed by atoms with Gasteiger partial charge in [0.1, 0.15) is 11.3 Å². The van der Waals surface area contributed by atoms with Gasteiger partial charge in [0, 0.05) is 17.3 Å². The monoisotopic (exact) mass is 304 g/mol. The molecule has 5 nitrogen and oxygen atoms in total. The predicted octanol–water partition coefficient (Wildman–Crippen LogP) is 3.75. The van der Waals surface area contributed by atoms with E-state index in [-0.39, 0.29) is 0 Å². The van der Waals surface area contributed by atoms with Gasteiger partial charge >= 0.3 is 0 Å². The Balaban J connectivity index is 1.80. The Bertz CT molecular complexity index is 950. The predicted molar refractivity (Wildman–Crippen MR) is 88.0 cm³/mol. The van der Waals surface area contributed by atoms with E-state index in [4.69, 9.17) is 4.52 Å². The number of fused-ring (bicyclic) bond motifs is 1. The number of hydrogen-bond acceptors (Lipinski definition) is 4. The first-order valence-electron chi connectivity index (χ1n) is 7.51. The van der Waals surface area contributed by atoms with Crippen LogP contribution in [0, 0.1) is 13.8 Å². The lowest BCUT2D eigenvalue weighted by Gasteiger charge is -2.05. The van der Waals surface area contributed by atoms with Crippen molar-refractivity contribution in [1.29, 1.82) is 0 Å². The van der Waals surface area contributed by atoms with Crippen molar-refractivity contribution < 1.29 is 4.52 Å². The molecule has 1 aromatic carbocycles. The number of benzene rings is 1. The Morgan fingerprint density at radius 3 is 2.65 bits per heavy atom. The SMILES string of the molecule is Cc1noc(C)c1-c1cnc2cnn(Cc3ccccc3)c2c1. The van der Waals surface area contributed by atoms with Crippen molar-refractivity contribution in [2.75, 3.05) is 0 Å². The van der Waals surface area contributed by atoms with Crippen LogP contribution >= 0.6 is 0 Å². The maximum absolute atomic E-state index is 5.27. The summed E-state index contributed by atoms with van der Waals surface area (Å²) in [4.78, 5) is 4.53. The van der Waals surface area contributed by atoms with E-state index in [0.29, 0.717) is 0 Å². The number of aromatic nitrogens is 4. The lowest BCUT2D eigenvalue weighted by atomic mass is 10.1. The summed E-state index contributed by atoms with van der Waals surface area (Å²) in [6.45, 7) is 4.58. The number of nitrogens with zero attached hydrogens (tertiary/aromatic N) is 4. The van der Waals surface area contributed by atoms with E-state index in [0.717, 1.165) is 40.2 Å². The van der Waals surface area contributed by atoms with Gasteiger partial charge in [-0.05, 0) is 25.5 Å². The van der Waals surface area contributed by atoms with Crippen LogP contribution in [0.2, 0.25) is 0 Å². The van der Waals surface area contributed by atoms with E-state index in [9.17, 15) is 0 Å². The van der Waals surface area contributed by atoms with Crippen LogP contribution in [0.15, 0.2) is 53.3 Å². The minimum Gasteiger partial charge on any atom is -0.361 e. The van der Waals surface area contributed by atoms with Crippen LogP contribution in [-0.2, 0) is 6.54 Å². The molecule has 0 amide bonds. The lowest BCUT2D eigenvalue weighted by Crippen LogP contribution is -2.01. The van der Waals surface area contributed by atoms with Crippen LogP contribution in [0.5, 0.6) is 0 Å². The van der Waals surface area contributed by atoms with Gasteiger partial charge in [0.05, 0.1) is 24.0 Å². The zero-order valence-corrected chi connectivity index (χ0v) is 13.0. The molecule has 0 bridgehead atoms. The molecule has 0 aliphatic rings. The van der Waals surface area contributed by atoms with E-state index < -0.39 is 0 Å². The van der Waals surface area contributed by atoms with Gasteiger partial charge in [-0.25, -0.2) is 0 Å². The minimum absolute atomic E-state index is 0.719. The summed E-state index contributed by atoms with van der Waals surface area (Å²) in [6, 6.07) is 12.4. The first kappa shape index (κ1) is 13.7. The first-order valence-corrected chi connectivity index (χ1v) is 7.51. The topological polar surface area (TPSA) is 56.7 Å². The number of hydrogen-bond donors (Lipinski definition) is 0. The molecule has 5 heteroatoms. The van der Waals surface area contributed by atoms with Crippen molar-refractivity contribution >= 4 is 11.0 Å². The molecule has 0 radical (unpaired) electrons. The number of rotatable bonds is 3. The molecule has 0 spiro atoms. The summed E-state index contributed by atoms with van der Waals surface area (Å²) in [5.41, 5.74) is 5.98. The molecule has 0 fully saturated rings. The van der Waals surface area contributed by atoms with Crippen molar-refractivity contribution in [3.8, 4) is 11.1 Å². The van der Waals surface area contributed by atoms with E-state index >= 15 is 0 Å². The largest absolute Gasteiger partial charge is 0.361 e. The summed E-state index contributed by atoms with van der Waals surface area (Å²) < 4.78 is 7.24. The summed E-state index contributed by atoms with van der Waals surface area (Å²) >= 11 is 0. The fourth-order valence-corrected chi connectivity index (χ4v) is 2.87. The molecule has 0 N–H and O–H groups in total. The molecule has 4 rings (SSSR count). The Morgan fingerprint density at radius 2 is 1.91 bits per heavy atom. The number of pyridine rings is 1. The third kappa shape index (κ3) is 2.40. The van der Waals surface area contributed by atoms with Crippen LogP contribution in [0.4, 0.5) is 0 Å². The minimum atomic E-state index is 0.719. The summed E-state index contributed by atoms with van der Waals surface area (Å²) in [5, 5.41) is 8.50. The highest BCUT2D eigenvalue weighted by Gasteiger charge is 2.14. The van der Waals surface area contributed by atoms with Gasteiger partial charge in [-0.2, -0.15) is 5.10 Å². The Kier molecular flexibility index (Phi) is 3.19. The van der Waals surface area contributed by atoms with Gasteiger partial charge in [-0.3, -0.25) is 9.67 Å². The Morgan fingerprint density at radius 1 is 1.09 bits per heavy atom. The Hall–Kier alpha value is -2.95. The highest BCUT2D eigenvalue weighted by molar-refractivity contribution is 5.81. The Labute approximate surface area is 133 Å². The van der Waals surface area contributed by atoms with Gasteiger partial charge in [0.15, 0.2) is 0 Å².